The Labute approximate surface area is 206 Å². The molecule has 1 atom stereocenters. The highest BCUT2D eigenvalue weighted by atomic mass is 32.2. The Morgan fingerprint density at radius 3 is 2.63 bits per heavy atom. The monoisotopic (exact) mass is 493 g/mol. The summed E-state index contributed by atoms with van der Waals surface area (Å²) in [5.74, 6) is 0.296. The van der Waals surface area contributed by atoms with Crippen molar-refractivity contribution in [2.24, 2.45) is 5.92 Å². The maximum absolute atomic E-state index is 13.5. The van der Waals surface area contributed by atoms with Crippen molar-refractivity contribution >= 4 is 26.8 Å². The van der Waals surface area contributed by atoms with Crippen molar-refractivity contribution in [3.8, 4) is 0 Å². The molecule has 0 saturated carbocycles. The first-order valence-electron chi connectivity index (χ1n) is 12.2. The quantitative estimate of drug-likeness (QED) is 0.563. The van der Waals surface area contributed by atoms with E-state index in [0.29, 0.717) is 51.0 Å². The van der Waals surface area contributed by atoms with E-state index in [1.165, 1.54) is 0 Å². The SMILES string of the molecule is O=C(CC1CCOC2(CCN(S(=O)(=O)c3cccc4cccnc34)CC2)C1)NCc1ccccc1. The number of amides is 1. The summed E-state index contributed by atoms with van der Waals surface area (Å²) < 4.78 is 34.7. The summed E-state index contributed by atoms with van der Waals surface area (Å²) in [5.41, 5.74) is 1.23. The zero-order valence-corrected chi connectivity index (χ0v) is 20.5. The molecule has 8 heteroatoms. The first kappa shape index (κ1) is 23.9. The molecule has 1 spiro atoms. The number of aromatic nitrogens is 1. The molecule has 2 saturated heterocycles. The van der Waals surface area contributed by atoms with Crippen LogP contribution in [0.25, 0.3) is 10.9 Å². The summed E-state index contributed by atoms with van der Waals surface area (Å²) in [7, 11) is -3.66. The van der Waals surface area contributed by atoms with Crippen molar-refractivity contribution in [2.45, 2.75) is 49.1 Å². The number of carbonyl (C=O) groups excluding carboxylic acids is 1. The molecule has 35 heavy (non-hydrogen) atoms. The highest BCUT2D eigenvalue weighted by Crippen LogP contribution is 2.40. The molecule has 0 radical (unpaired) electrons. The van der Waals surface area contributed by atoms with Crippen LogP contribution in [0.5, 0.6) is 0 Å². The van der Waals surface area contributed by atoms with Crippen LogP contribution in [0.1, 0.15) is 37.7 Å². The molecule has 0 bridgehead atoms. The standard InChI is InChI=1S/C27H31N3O4S/c31-25(29-20-21-6-2-1-3-7-21)18-22-11-17-34-27(19-22)12-15-30(16-13-27)35(32,33)24-10-4-8-23-9-5-14-28-26(23)24/h1-10,14,22H,11-13,15-20H2,(H,29,31). The number of piperidine rings is 1. The van der Waals surface area contributed by atoms with E-state index in [-0.39, 0.29) is 22.3 Å². The maximum atomic E-state index is 13.5. The number of carbonyl (C=O) groups is 1. The Kier molecular flexibility index (Phi) is 6.86. The lowest BCUT2D eigenvalue weighted by molar-refractivity contribution is -0.132. The van der Waals surface area contributed by atoms with Gasteiger partial charge in [0.15, 0.2) is 0 Å². The molecule has 7 nitrogen and oxygen atoms in total. The average Bonchev–Trinajstić information content (AvgIpc) is 2.88. The van der Waals surface area contributed by atoms with E-state index in [2.05, 4.69) is 10.3 Å². The van der Waals surface area contributed by atoms with Crippen molar-refractivity contribution in [3.05, 3.63) is 72.4 Å². The van der Waals surface area contributed by atoms with E-state index in [4.69, 9.17) is 4.74 Å². The summed E-state index contributed by atoms with van der Waals surface area (Å²) in [6.07, 6.45) is 5.00. The van der Waals surface area contributed by atoms with Crippen LogP contribution >= 0.6 is 0 Å². The Balaban J connectivity index is 1.20. The van der Waals surface area contributed by atoms with Gasteiger partial charge in [-0.05, 0) is 49.3 Å². The third kappa shape index (κ3) is 5.24. The average molecular weight is 494 g/mol. The molecule has 3 heterocycles. The normalized spacial score (nSPS) is 20.6. The van der Waals surface area contributed by atoms with Gasteiger partial charge >= 0.3 is 0 Å². The van der Waals surface area contributed by atoms with Crippen molar-refractivity contribution in [3.63, 3.8) is 0 Å². The van der Waals surface area contributed by atoms with Gasteiger partial charge in [-0.2, -0.15) is 4.31 Å². The lowest BCUT2D eigenvalue weighted by atomic mass is 9.78. The minimum atomic E-state index is -3.66. The summed E-state index contributed by atoms with van der Waals surface area (Å²) >= 11 is 0. The second kappa shape index (κ2) is 10.0. The van der Waals surface area contributed by atoms with Gasteiger partial charge < -0.3 is 10.1 Å². The largest absolute Gasteiger partial charge is 0.375 e. The minimum Gasteiger partial charge on any atom is -0.375 e. The lowest BCUT2D eigenvalue weighted by Gasteiger charge is -2.45. The van der Waals surface area contributed by atoms with Crippen molar-refractivity contribution < 1.29 is 17.9 Å². The van der Waals surface area contributed by atoms with Crippen LogP contribution in [0.15, 0.2) is 71.8 Å². The van der Waals surface area contributed by atoms with E-state index in [1.54, 1.807) is 22.6 Å². The van der Waals surface area contributed by atoms with Crippen LogP contribution in [0, 0.1) is 5.92 Å². The summed E-state index contributed by atoms with van der Waals surface area (Å²) in [5, 5.41) is 3.84. The van der Waals surface area contributed by atoms with Gasteiger partial charge in [-0.1, -0.05) is 48.5 Å². The number of hydrogen-bond acceptors (Lipinski definition) is 5. The second-order valence-corrected chi connectivity index (χ2v) is 11.5. The molecule has 2 aliphatic heterocycles. The van der Waals surface area contributed by atoms with Gasteiger partial charge in [-0.3, -0.25) is 9.78 Å². The van der Waals surface area contributed by atoms with Gasteiger partial charge in [0.2, 0.25) is 15.9 Å². The molecule has 1 amide bonds. The highest BCUT2D eigenvalue weighted by Gasteiger charge is 2.43. The predicted octanol–water partition coefficient (Wildman–Crippen LogP) is 3.89. The molecular weight excluding hydrogens is 462 g/mol. The molecule has 2 aromatic carbocycles. The Morgan fingerprint density at radius 2 is 1.83 bits per heavy atom. The van der Waals surface area contributed by atoms with Crippen molar-refractivity contribution in [1.29, 1.82) is 0 Å². The molecule has 1 unspecified atom stereocenters. The number of nitrogens with one attached hydrogen (secondary N) is 1. The van der Waals surface area contributed by atoms with Crippen molar-refractivity contribution in [2.75, 3.05) is 19.7 Å². The van der Waals surface area contributed by atoms with Crippen LogP contribution in [-0.2, 0) is 26.1 Å². The fourth-order valence-electron chi connectivity index (χ4n) is 5.34. The van der Waals surface area contributed by atoms with Crippen LogP contribution in [0.2, 0.25) is 0 Å². The first-order valence-corrected chi connectivity index (χ1v) is 13.7. The van der Waals surface area contributed by atoms with Gasteiger partial charge in [0.05, 0.1) is 11.1 Å². The molecule has 0 aliphatic carbocycles. The molecule has 2 fully saturated rings. The number of benzene rings is 2. The van der Waals surface area contributed by atoms with Crippen LogP contribution in [0.3, 0.4) is 0 Å². The van der Waals surface area contributed by atoms with Gasteiger partial charge in [-0.15, -0.1) is 0 Å². The second-order valence-electron chi connectivity index (χ2n) is 9.59. The van der Waals surface area contributed by atoms with Crippen LogP contribution < -0.4 is 5.32 Å². The van der Waals surface area contributed by atoms with E-state index < -0.39 is 10.0 Å². The first-order chi connectivity index (χ1) is 17.0. The van der Waals surface area contributed by atoms with E-state index in [1.807, 2.05) is 48.5 Å². The topological polar surface area (TPSA) is 88.6 Å². The van der Waals surface area contributed by atoms with Gasteiger partial charge in [0.25, 0.3) is 0 Å². The fourth-order valence-corrected chi connectivity index (χ4v) is 6.95. The van der Waals surface area contributed by atoms with Gasteiger partial charge in [0, 0.05) is 44.2 Å². The summed E-state index contributed by atoms with van der Waals surface area (Å²) in [6.45, 7) is 1.94. The van der Waals surface area contributed by atoms with Gasteiger partial charge in [-0.25, -0.2) is 8.42 Å². The number of pyridine rings is 1. The number of hydrogen-bond donors (Lipinski definition) is 1. The summed E-state index contributed by atoms with van der Waals surface area (Å²) in [6, 6.07) is 18.8. The maximum Gasteiger partial charge on any atom is 0.245 e. The van der Waals surface area contributed by atoms with E-state index in [9.17, 15) is 13.2 Å². The third-order valence-corrected chi connectivity index (χ3v) is 9.18. The highest BCUT2D eigenvalue weighted by molar-refractivity contribution is 7.89. The van der Waals surface area contributed by atoms with E-state index >= 15 is 0 Å². The molecular formula is C27H31N3O4S. The molecule has 2 aliphatic rings. The number of fused-ring (bicyclic) bond motifs is 1. The molecule has 5 rings (SSSR count). The zero-order chi connectivity index (χ0) is 24.3. The number of para-hydroxylation sites is 1. The minimum absolute atomic E-state index is 0.0550. The fraction of sp³-hybridized carbons (Fsp3) is 0.407. The Bertz CT molecular complexity index is 1280. The number of ether oxygens (including phenoxy) is 1. The zero-order valence-electron chi connectivity index (χ0n) is 19.7. The molecule has 3 aromatic rings. The van der Waals surface area contributed by atoms with Gasteiger partial charge in [0.1, 0.15) is 4.90 Å². The van der Waals surface area contributed by atoms with E-state index in [0.717, 1.165) is 23.8 Å². The molecule has 184 valence electrons. The van der Waals surface area contributed by atoms with Crippen LogP contribution in [0.4, 0.5) is 0 Å². The third-order valence-electron chi connectivity index (χ3n) is 7.25. The number of sulfonamides is 1. The predicted molar refractivity (Wildman–Crippen MR) is 134 cm³/mol. The smallest absolute Gasteiger partial charge is 0.245 e. The Morgan fingerprint density at radius 1 is 1.06 bits per heavy atom. The number of rotatable bonds is 6. The summed E-state index contributed by atoms with van der Waals surface area (Å²) in [4.78, 5) is 17.1. The lowest BCUT2D eigenvalue weighted by Crippen LogP contribution is -2.51. The van der Waals surface area contributed by atoms with Crippen LogP contribution in [-0.4, -0.2) is 48.9 Å². The Hall–Kier alpha value is -2.81. The van der Waals surface area contributed by atoms with Crippen molar-refractivity contribution in [1.82, 2.24) is 14.6 Å². The molecule has 1 aromatic heterocycles. The number of nitrogens with zero attached hydrogens (tertiary/aromatic N) is 2. The molecule has 1 N–H and O–H groups in total.